The molecule has 2 nitrogen and oxygen atoms in total. The lowest BCUT2D eigenvalue weighted by Gasteiger charge is -2.44. The lowest BCUT2D eigenvalue weighted by molar-refractivity contribution is -0.117. The third-order valence-corrected chi connectivity index (χ3v) is 5.46. The van der Waals surface area contributed by atoms with Gasteiger partial charge in [-0.1, -0.05) is 12.5 Å². The number of rotatable bonds is 1. The maximum Gasteiger partial charge on any atom is 0.158 e. The monoisotopic (exact) mass is 234 g/mol. The van der Waals surface area contributed by atoms with Gasteiger partial charge in [0.05, 0.1) is 12.2 Å². The van der Waals surface area contributed by atoms with Gasteiger partial charge < -0.3 is 4.74 Å². The van der Waals surface area contributed by atoms with E-state index in [1.54, 1.807) is 0 Å². The van der Waals surface area contributed by atoms with Gasteiger partial charge in [0.15, 0.2) is 5.78 Å². The molecule has 3 atom stereocenters. The van der Waals surface area contributed by atoms with Crippen LogP contribution in [0.15, 0.2) is 11.1 Å². The number of ether oxygens (including phenoxy) is 1. The van der Waals surface area contributed by atoms with Crippen LogP contribution in [0.25, 0.3) is 0 Å². The van der Waals surface area contributed by atoms with Crippen LogP contribution in [0, 0.1) is 11.3 Å². The molecule has 3 aliphatic rings. The van der Waals surface area contributed by atoms with Crippen LogP contribution in [0.3, 0.4) is 0 Å². The van der Waals surface area contributed by atoms with Crippen LogP contribution in [0.5, 0.6) is 0 Å². The highest BCUT2D eigenvalue weighted by molar-refractivity contribution is 5.96. The molecular weight excluding hydrogens is 212 g/mol. The molecule has 94 valence electrons. The minimum Gasteiger partial charge on any atom is -0.370 e. The molecule has 3 rings (SSSR count). The molecule has 0 aromatic heterocycles. The van der Waals surface area contributed by atoms with Gasteiger partial charge in [-0.25, -0.2) is 0 Å². The van der Waals surface area contributed by atoms with Crippen molar-refractivity contribution in [3.05, 3.63) is 11.1 Å². The first-order chi connectivity index (χ1) is 7.95. The number of fused-ring (bicyclic) bond motifs is 1. The summed E-state index contributed by atoms with van der Waals surface area (Å²) >= 11 is 0. The van der Waals surface area contributed by atoms with Crippen molar-refractivity contribution in [1.82, 2.24) is 0 Å². The Labute approximate surface area is 103 Å². The number of carbonyl (C=O) groups is 1. The fourth-order valence-corrected chi connectivity index (χ4v) is 3.74. The maximum absolute atomic E-state index is 11.9. The zero-order chi connectivity index (χ0) is 12.3. The third kappa shape index (κ3) is 1.69. The van der Waals surface area contributed by atoms with E-state index in [9.17, 15) is 4.79 Å². The topological polar surface area (TPSA) is 29.6 Å². The Morgan fingerprint density at radius 1 is 1.29 bits per heavy atom. The molecule has 0 radical (unpaired) electrons. The number of Topliss-reactive ketones (excluding diaryl/α,β-unsaturated/α-hetero) is 1. The average Bonchev–Trinajstić information content (AvgIpc) is 3.04. The van der Waals surface area contributed by atoms with Crippen molar-refractivity contribution in [3.63, 3.8) is 0 Å². The number of ketones is 1. The van der Waals surface area contributed by atoms with E-state index in [0.29, 0.717) is 17.1 Å². The van der Waals surface area contributed by atoms with E-state index < -0.39 is 0 Å². The molecule has 1 saturated heterocycles. The fraction of sp³-hybridized carbons (Fsp3) is 0.800. The minimum absolute atomic E-state index is 0.120. The van der Waals surface area contributed by atoms with Crippen LogP contribution in [0.4, 0.5) is 0 Å². The molecule has 1 heterocycles. The average molecular weight is 234 g/mol. The number of hydrogen-bond donors (Lipinski definition) is 0. The summed E-state index contributed by atoms with van der Waals surface area (Å²) in [6.45, 7) is 7.52. The molecule has 0 aromatic carbocycles. The van der Waals surface area contributed by atoms with Gasteiger partial charge >= 0.3 is 0 Å². The predicted molar refractivity (Wildman–Crippen MR) is 66.7 cm³/mol. The Morgan fingerprint density at radius 2 is 2.00 bits per heavy atom. The Hall–Kier alpha value is -0.630. The number of epoxide rings is 1. The quantitative estimate of drug-likeness (QED) is 0.652. The number of hydrogen-bond acceptors (Lipinski definition) is 2. The van der Waals surface area contributed by atoms with E-state index in [1.807, 2.05) is 6.92 Å². The second-order valence-corrected chi connectivity index (χ2v) is 6.63. The van der Waals surface area contributed by atoms with Crippen LogP contribution < -0.4 is 0 Å². The van der Waals surface area contributed by atoms with Crippen molar-refractivity contribution >= 4 is 5.78 Å². The van der Waals surface area contributed by atoms with Gasteiger partial charge in [-0.3, -0.25) is 4.79 Å². The molecule has 2 heteroatoms. The highest BCUT2D eigenvalue weighted by atomic mass is 16.6. The van der Waals surface area contributed by atoms with Crippen LogP contribution in [-0.2, 0) is 9.53 Å². The lowest BCUT2D eigenvalue weighted by atomic mass is 9.60. The predicted octanol–water partition coefficient (Wildman–Crippen LogP) is 3.26. The van der Waals surface area contributed by atoms with E-state index in [2.05, 4.69) is 13.8 Å². The summed E-state index contributed by atoms with van der Waals surface area (Å²) in [7, 11) is 0. The van der Waals surface area contributed by atoms with Gasteiger partial charge in [0, 0.05) is 6.42 Å². The zero-order valence-corrected chi connectivity index (χ0v) is 11.1. The molecule has 1 aliphatic heterocycles. The first kappa shape index (κ1) is 11.5. The zero-order valence-electron chi connectivity index (χ0n) is 11.1. The summed E-state index contributed by atoms with van der Waals surface area (Å²) in [5, 5.41) is 0. The van der Waals surface area contributed by atoms with E-state index in [-0.39, 0.29) is 5.60 Å². The van der Waals surface area contributed by atoms with Crippen molar-refractivity contribution in [2.75, 3.05) is 6.61 Å². The Kier molecular flexibility index (Phi) is 2.32. The smallest absolute Gasteiger partial charge is 0.158 e. The lowest BCUT2D eigenvalue weighted by Crippen LogP contribution is -2.37. The van der Waals surface area contributed by atoms with Crippen molar-refractivity contribution in [3.8, 4) is 0 Å². The van der Waals surface area contributed by atoms with Gasteiger partial charge in [-0.15, -0.1) is 0 Å². The second-order valence-electron chi connectivity index (χ2n) is 6.63. The molecular formula is C15H22O2. The van der Waals surface area contributed by atoms with E-state index >= 15 is 0 Å². The van der Waals surface area contributed by atoms with Crippen LogP contribution >= 0.6 is 0 Å². The maximum atomic E-state index is 11.9. The normalized spacial score (nSPS) is 45.8. The van der Waals surface area contributed by atoms with Crippen molar-refractivity contribution in [2.24, 2.45) is 11.3 Å². The van der Waals surface area contributed by atoms with E-state index in [1.165, 1.54) is 18.4 Å². The van der Waals surface area contributed by atoms with Gasteiger partial charge in [-0.2, -0.15) is 0 Å². The van der Waals surface area contributed by atoms with Crippen molar-refractivity contribution in [2.45, 2.75) is 58.5 Å². The highest BCUT2D eigenvalue weighted by Gasteiger charge is 2.51. The summed E-state index contributed by atoms with van der Waals surface area (Å²) < 4.78 is 5.60. The van der Waals surface area contributed by atoms with Crippen LogP contribution in [-0.4, -0.2) is 18.0 Å². The molecule has 0 unspecified atom stereocenters. The Morgan fingerprint density at radius 3 is 2.65 bits per heavy atom. The molecule has 17 heavy (non-hydrogen) atoms. The summed E-state index contributed by atoms with van der Waals surface area (Å²) in [6.07, 6.45) is 5.40. The second kappa shape index (κ2) is 3.44. The molecule has 0 N–H and O–H groups in total. The molecule has 2 aliphatic carbocycles. The van der Waals surface area contributed by atoms with Crippen molar-refractivity contribution in [1.29, 1.82) is 0 Å². The fourth-order valence-electron chi connectivity index (χ4n) is 3.74. The number of carbonyl (C=O) groups excluding carboxylic acids is 1. The molecule has 0 spiro atoms. The van der Waals surface area contributed by atoms with E-state index in [4.69, 9.17) is 4.74 Å². The molecule has 1 saturated carbocycles. The summed E-state index contributed by atoms with van der Waals surface area (Å²) in [4.78, 5) is 11.9. The van der Waals surface area contributed by atoms with Gasteiger partial charge in [-0.05, 0) is 56.4 Å². The summed E-state index contributed by atoms with van der Waals surface area (Å²) in [6, 6.07) is 0. The first-order valence-corrected chi connectivity index (χ1v) is 6.82. The molecule has 2 fully saturated rings. The van der Waals surface area contributed by atoms with Gasteiger partial charge in [0.25, 0.3) is 0 Å². The standard InChI is InChI=1S/C15H22O2/c1-10-12-8-11(15(3)9-17-15)4-6-14(12,2)7-5-13(10)16/h11H,4-9H2,1-3H3/t11-,14+,15+/m1/s1. The number of allylic oxidation sites excluding steroid dienone is 2. The summed E-state index contributed by atoms with van der Waals surface area (Å²) in [5.74, 6) is 1.01. The van der Waals surface area contributed by atoms with Gasteiger partial charge in [0.1, 0.15) is 0 Å². The Balaban J connectivity index is 1.92. The van der Waals surface area contributed by atoms with E-state index in [0.717, 1.165) is 31.4 Å². The minimum atomic E-state index is 0.120. The Bertz CT molecular complexity index is 403. The van der Waals surface area contributed by atoms with Crippen LogP contribution in [0.2, 0.25) is 0 Å². The SMILES string of the molecule is CC1=C2C[C@H]([C@]3(C)CO3)CC[C@@]2(C)CCC1=O. The largest absolute Gasteiger partial charge is 0.370 e. The van der Waals surface area contributed by atoms with Crippen LogP contribution in [0.1, 0.15) is 52.9 Å². The molecule has 0 bridgehead atoms. The molecule has 0 aromatic rings. The highest BCUT2D eigenvalue weighted by Crippen LogP contribution is 2.54. The van der Waals surface area contributed by atoms with Crippen molar-refractivity contribution < 1.29 is 9.53 Å². The summed E-state index contributed by atoms with van der Waals surface area (Å²) in [5.41, 5.74) is 2.93. The molecule has 0 amide bonds. The third-order valence-electron chi connectivity index (χ3n) is 5.46. The first-order valence-electron chi connectivity index (χ1n) is 6.82. The van der Waals surface area contributed by atoms with Gasteiger partial charge in [0.2, 0.25) is 0 Å².